The number of carboxylic acid groups (broad SMARTS) is 1. The first-order valence-electron chi connectivity index (χ1n) is 6.16. The van der Waals surface area contributed by atoms with E-state index in [4.69, 9.17) is 14.6 Å². The molecule has 0 aliphatic heterocycles. The highest BCUT2D eigenvalue weighted by atomic mass is 16.4. The van der Waals surface area contributed by atoms with Crippen LogP contribution < -0.4 is 0 Å². The molecule has 1 aromatic heterocycles. The Kier molecular flexibility index (Phi) is 5.88. The minimum atomic E-state index is -1.03. The largest absolute Gasteiger partial charge is 0.475 e. The van der Waals surface area contributed by atoms with Crippen LogP contribution in [-0.4, -0.2) is 41.3 Å². The predicted octanol–water partition coefficient (Wildman–Crippen LogP) is 1.88. The SMILES string of the molecule is Cc1oc(C(=O)O)cc1CN(C)CCCCCO. The lowest BCUT2D eigenvalue weighted by atomic mass is 10.2. The summed E-state index contributed by atoms with van der Waals surface area (Å²) in [4.78, 5) is 12.9. The normalized spacial score (nSPS) is 11.1. The molecular weight excluding hydrogens is 234 g/mol. The van der Waals surface area contributed by atoms with E-state index in [1.165, 1.54) is 0 Å². The summed E-state index contributed by atoms with van der Waals surface area (Å²) in [6.07, 6.45) is 2.87. The average Bonchev–Trinajstić information content (AvgIpc) is 2.67. The molecule has 0 unspecified atom stereocenters. The molecule has 18 heavy (non-hydrogen) atoms. The second-order valence-corrected chi connectivity index (χ2v) is 4.52. The summed E-state index contributed by atoms with van der Waals surface area (Å²) in [7, 11) is 1.99. The van der Waals surface area contributed by atoms with E-state index < -0.39 is 5.97 Å². The number of hydrogen-bond donors (Lipinski definition) is 2. The van der Waals surface area contributed by atoms with Crippen LogP contribution in [-0.2, 0) is 6.54 Å². The van der Waals surface area contributed by atoms with Crippen molar-refractivity contribution < 1.29 is 19.4 Å². The van der Waals surface area contributed by atoms with Crippen molar-refractivity contribution in [2.45, 2.75) is 32.7 Å². The van der Waals surface area contributed by atoms with Gasteiger partial charge in [0.1, 0.15) is 5.76 Å². The number of carbonyl (C=O) groups is 1. The number of unbranched alkanes of at least 4 members (excludes halogenated alkanes) is 2. The molecule has 1 aromatic rings. The molecule has 0 aliphatic carbocycles. The maximum absolute atomic E-state index is 10.8. The van der Waals surface area contributed by atoms with Crippen LogP contribution in [0.1, 0.15) is 41.1 Å². The van der Waals surface area contributed by atoms with Gasteiger partial charge in [-0.1, -0.05) is 0 Å². The first-order valence-corrected chi connectivity index (χ1v) is 6.16. The Morgan fingerprint density at radius 2 is 2.11 bits per heavy atom. The van der Waals surface area contributed by atoms with E-state index in [0.29, 0.717) is 12.3 Å². The van der Waals surface area contributed by atoms with Crippen LogP contribution >= 0.6 is 0 Å². The van der Waals surface area contributed by atoms with E-state index in [0.717, 1.165) is 31.4 Å². The van der Waals surface area contributed by atoms with Gasteiger partial charge in [0.25, 0.3) is 0 Å². The number of nitrogens with zero attached hydrogens (tertiary/aromatic N) is 1. The molecule has 0 aromatic carbocycles. The Labute approximate surface area is 107 Å². The smallest absolute Gasteiger partial charge is 0.371 e. The van der Waals surface area contributed by atoms with Crippen molar-refractivity contribution in [3.63, 3.8) is 0 Å². The molecular formula is C13H21NO4. The van der Waals surface area contributed by atoms with Crippen molar-refractivity contribution in [2.75, 3.05) is 20.2 Å². The van der Waals surface area contributed by atoms with Crippen LogP contribution in [0.25, 0.3) is 0 Å². The van der Waals surface area contributed by atoms with Crippen LogP contribution in [0.3, 0.4) is 0 Å². The molecule has 1 heterocycles. The number of aryl methyl sites for hydroxylation is 1. The fourth-order valence-electron chi connectivity index (χ4n) is 1.82. The lowest BCUT2D eigenvalue weighted by molar-refractivity contribution is 0.0661. The molecule has 0 saturated carbocycles. The van der Waals surface area contributed by atoms with Crippen LogP contribution in [0.4, 0.5) is 0 Å². The highest BCUT2D eigenvalue weighted by Crippen LogP contribution is 2.16. The van der Waals surface area contributed by atoms with Gasteiger partial charge in [0.05, 0.1) is 0 Å². The lowest BCUT2D eigenvalue weighted by Crippen LogP contribution is -2.19. The third-order valence-electron chi connectivity index (χ3n) is 2.87. The molecule has 5 heteroatoms. The van der Waals surface area contributed by atoms with Gasteiger partial charge in [-0.3, -0.25) is 0 Å². The zero-order valence-electron chi connectivity index (χ0n) is 11.0. The Balaban J connectivity index is 2.43. The third-order valence-corrected chi connectivity index (χ3v) is 2.87. The van der Waals surface area contributed by atoms with E-state index in [2.05, 4.69) is 4.90 Å². The molecule has 0 amide bonds. The van der Waals surface area contributed by atoms with Crippen molar-refractivity contribution in [1.82, 2.24) is 4.90 Å². The molecule has 0 fully saturated rings. The van der Waals surface area contributed by atoms with Crippen LogP contribution in [0, 0.1) is 6.92 Å². The summed E-state index contributed by atoms with van der Waals surface area (Å²) in [6.45, 7) is 3.63. The lowest BCUT2D eigenvalue weighted by Gasteiger charge is -2.15. The van der Waals surface area contributed by atoms with Crippen LogP contribution in [0.5, 0.6) is 0 Å². The van der Waals surface area contributed by atoms with E-state index in [1.807, 2.05) is 7.05 Å². The van der Waals surface area contributed by atoms with Gasteiger partial charge in [-0.05, 0) is 45.8 Å². The monoisotopic (exact) mass is 255 g/mol. The number of rotatable bonds is 8. The molecule has 102 valence electrons. The summed E-state index contributed by atoms with van der Waals surface area (Å²) in [5.74, 6) is -0.374. The van der Waals surface area contributed by atoms with Gasteiger partial charge in [0.2, 0.25) is 5.76 Å². The topological polar surface area (TPSA) is 73.9 Å². The maximum atomic E-state index is 10.8. The highest BCUT2D eigenvalue weighted by molar-refractivity contribution is 5.84. The predicted molar refractivity (Wildman–Crippen MR) is 67.7 cm³/mol. The van der Waals surface area contributed by atoms with Crippen molar-refractivity contribution in [3.05, 3.63) is 23.2 Å². The zero-order valence-corrected chi connectivity index (χ0v) is 11.0. The molecule has 0 bridgehead atoms. The van der Waals surface area contributed by atoms with E-state index in [1.54, 1.807) is 13.0 Å². The Morgan fingerprint density at radius 1 is 1.39 bits per heavy atom. The number of aromatic carboxylic acids is 1. The third kappa shape index (κ3) is 4.50. The first-order chi connectivity index (χ1) is 8.54. The minimum Gasteiger partial charge on any atom is -0.475 e. The van der Waals surface area contributed by atoms with Crippen molar-refractivity contribution in [3.8, 4) is 0 Å². The maximum Gasteiger partial charge on any atom is 0.371 e. The van der Waals surface area contributed by atoms with Crippen LogP contribution in [0.2, 0.25) is 0 Å². The highest BCUT2D eigenvalue weighted by Gasteiger charge is 2.14. The van der Waals surface area contributed by atoms with Crippen molar-refractivity contribution >= 4 is 5.97 Å². The van der Waals surface area contributed by atoms with Crippen molar-refractivity contribution in [2.24, 2.45) is 0 Å². The quantitative estimate of drug-likeness (QED) is 0.694. The molecule has 1 rings (SSSR count). The second kappa shape index (κ2) is 7.18. The van der Waals surface area contributed by atoms with E-state index >= 15 is 0 Å². The van der Waals surface area contributed by atoms with E-state index in [-0.39, 0.29) is 12.4 Å². The molecule has 0 atom stereocenters. The fraction of sp³-hybridized carbons (Fsp3) is 0.615. The number of hydrogen-bond acceptors (Lipinski definition) is 4. The zero-order chi connectivity index (χ0) is 13.5. The average molecular weight is 255 g/mol. The van der Waals surface area contributed by atoms with Gasteiger partial charge >= 0.3 is 5.97 Å². The van der Waals surface area contributed by atoms with Gasteiger partial charge < -0.3 is 19.5 Å². The number of carboxylic acids is 1. The summed E-state index contributed by atoms with van der Waals surface area (Å²) in [5.41, 5.74) is 0.914. The van der Waals surface area contributed by atoms with Gasteiger partial charge in [-0.15, -0.1) is 0 Å². The Hall–Kier alpha value is -1.33. The molecule has 2 N–H and O–H groups in total. The van der Waals surface area contributed by atoms with Crippen molar-refractivity contribution in [1.29, 1.82) is 0 Å². The minimum absolute atomic E-state index is 0.00354. The number of aliphatic hydroxyl groups is 1. The Bertz CT molecular complexity index is 386. The Morgan fingerprint density at radius 3 is 2.67 bits per heavy atom. The molecule has 5 nitrogen and oxygen atoms in total. The molecule has 0 radical (unpaired) electrons. The van der Waals surface area contributed by atoms with E-state index in [9.17, 15) is 4.79 Å². The number of aliphatic hydroxyl groups excluding tert-OH is 1. The molecule has 0 aliphatic rings. The standard InChI is InChI=1S/C13H21NO4/c1-10-11(8-12(18-10)13(16)17)9-14(2)6-4-3-5-7-15/h8,15H,3-7,9H2,1-2H3,(H,16,17). The fourth-order valence-corrected chi connectivity index (χ4v) is 1.82. The van der Waals surface area contributed by atoms with Gasteiger partial charge in [-0.25, -0.2) is 4.79 Å². The summed E-state index contributed by atoms with van der Waals surface area (Å²) in [5, 5.41) is 17.5. The summed E-state index contributed by atoms with van der Waals surface area (Å²) >= 11 is 0. The first kappa shape index (κ1) is 14.7. The molecule has 0 saturated heterocycles. The van der Waals surface area contributed by atoms with Gasteiger partial charge in [-0.2, -0.15) is 0 Å². The number of furan rings is 1. The molecule has 0 spiro atoms. The second-order valence-electron chi connectivity index (χ2n) is 4.52. The summed E-state index contributed by atoms with van der Waals surface area (Å²) in [6, 6.07) is 1.59. The van der Waals surface area contributed by atoms with Gasteiger partial charge in [0, 0.05) is 18.7 Å². The van der Waals surface area contributed by atoms with Gasteiger partial charge in [0.15, 0.2) is 0 Å². The summed E-state index contributed by atoms with van der Waals surface area (Å²) < 4.78 is 5.16. The van der Waals surface area contributed by atoms with Crippen LogP contribution in [0.15, 0.2) is 10.5 Å².